The van der Waals surface area contributed by atoms with Gasteiger partial charge >= 0.3 is 0 Å². The molecule has 1 fully saturated rings. The molecule has 3 heterocycles. The fourth-order valence-corrected chi connectivity index (χ4v) is 4.57. The van der Waals surface area contributed by atoms with Crippen molar-refractivity contribution in [3.05, 3.63) is 82.4 Å². The van der Waals surface area contributed by atoms with Gasteiger partial charge in [-0.05, 0) is 36.8 Å². The van der Waals surface area contributed by atoms with Crippen molar-refractivity contribution in [3.8, 4) is 11.1 Å². The van der Waals surface area contributed by atoms with Crippen LogP contribution in [0.25, 0.3) is 23.3 Å². The van der Waals surface area contributed by atoms with Crippen molar-refractivity contribution < 1.29 is 18.8 Å². The highest BCUT2D eigenvalue weighted by atomic mass is 19.1. The zero-order valence-corrected chi connectivity index (χ0v) is 20.0. The second-order valence-electron chi connectivity index (χ2n) is 8.63. The third kappa shape index (κ3) is 4.34. The van der Waals surface area contributed by atoms with E-state index in [2.05, 4.69) is 33.0 Å². The molecule has 3 amide bonds. The van der Waals surface area contributed by atoms with Crippen molar-refractivity contribution in [2.75, 3.05) is 25.0 Å². The van der Waals surface area contributed by atoms with Crippen LogP contribution in [0.4, 0.5) is 10.1 Å². The number of fused-ring (bicyclic) bond motifs is 2. The Morgan fingerprint density at radius 1 is 1.19 bits per heavy atom. The van der Waals surface area contributed by atoms with Gasteiger partial charge in [-0.1, -0.05) is 42.1 Å². The largest absolute Gasteiger partial charge is 0.334 e. The second kappa shape index (κ2) is 9.67. The highest BCUT2D eigenvalue weighted by molar-refractivity contribution is 6.11. The van der Waals surface area contributed by atoms with Gasteiger partial charge in [-0.25, -0.2) is 4.39 Å². The third-order valence-electron chi connectivity index (χ3n) is 6.51. The normalized spacial score (nSPS) is 18.1. The Hall–Kier alpha value is -4.82. The van der Waals surface area contributed by atoms with E-state index in [4.69, 9.17) is 0 Å². The molecule has 1 aromatic heterocycles. The highest BCUT2D eigenvalue weighted by Crippen LogP contribution is 2.31. The van der Waals surface area contributed by atoms with Gasteiger partial charge in [0.15, 0.2) is 0 Å². The molecule has 1 atom stereocenters. The van der Waals surface area contributed by atoms with Crippen molar-refractivity contribution >= 4 is 35.6 Å². The smallest absolute Gasteiger partial charge is 0.261 e. The molecule has 0 spiro atoms. The van der Waals surface area contributed by atoms with Crippen molar-refractivity contribution in [3.63, 3.8) is 0 Å². The maximum absolute atomic E-state index is 14.4. The van der Waals surface area contributed by atoms with Crippen LogP contribution in [-0.4, -0.2) is 68.6 Å². The number of aromatic nitrogens is 3. The van der Waals surface area contributed by atoms with Crippen molar-refractivity contribution in [1.82, 2.24) is 25.2 Å². The maximum atomic E-state index is 14.4. The number of rotatable bonds is 3. The first-order valence-electron chi connectivity index (χ1n) is 11.7. The van der Waals surface area contributed by atoms with E-state index in [1.807, 2.05) is 0 Å². The number of hydrogen-bond acceptors (Lipinski definition) is 5. The third-order valence-corrected chi connectivity index (χ3v) is 6.51. The molecule has 0 aliphatic carbocycles. The van der Waals surface area contributed by atoms with Crippen molar-refractivity contribution in [1.29, 1.82) is 0 Å². The van der Waals surface area contributed by atoms with Crippen LogP contribution in [0.5, 0.6) is 0 Å². The van der Waals surface area contributed by atoms with E-state index >= 15 is 0 Å². The van der Waals surface area contributed by atoms with Crippen LogP contribution >= 0.6 is 0 Å². The summed E-state index contributed by atoms with van der Waals surface area (Å²) in [5, 5.41) is 14.3. The lowest BCUT2D eigenvalue weighted by molar-refractivity contribution is -0.132. The average Bonchev–Trinajstić information content (AvgIpc) is 3.34. The number of nitrogens with one attached hydrogen (secondary N) is 2. The number of nitrogens with zero attached hydrogens (tertiary/aromatic N) is 4. The van der Waals surface area contributed by atoms with E-state index in [-0.39, 0.29) is 42.6 Å². The van der Waals surface area contributed by atoms with Gasteiger partial charge in [0.2, 0.25) is 5.91 Å². The lowest BCUT2D eigenvalue weighted by atomic mass is 10.0. The Labute approximate surface area is 211 Å². The predicted octanol–water partition coefficient (Wildman–Crippen LogP) is 1.21. The van der Waals surface area contributed by atoms with Crippen molar-refractivity contribution in [2.45, 2.75) is 13.0 Å². The Morgan fingerprint density at radius 3 is 2.76 bits per heavy atom. The molecule has 5 rings (SSSR count). The minimum atomic E-state index is -0.895. The zero-order valence-electron chi connectivity index (χ0n) is 20.0. The molecule has 2 aromatic carbocycles. The van der Waals surface area contributed by atoms with Crippen LogP contribution in [0.3, 0.4) is 0 Å². The predicted molar refractivity (Wildman–Crippen MR) is 135 cm³/mol. The van der Waals surface area contributed by atoms with Crippen LogP contribution in [0.2, 0.25) is 0 Å². The van der Waals surface area contributed by atoms with E-state index < -0.39 is 17.8 Å². The van der Waals surface area contributed by atoms with Gasteiger partial charge in [0.25, 0.3) is 11.8 Å². The van der Waals surface area contributed by atoms with Gasteiger partial charge in [-0.2, -0.15) is 0 Å². The number of aromatic amines is 1. The molecule has 37 heavy (non-hydrogen) atoms. The minimum absolute atomic E-state index is 0.00241. The number of carbonyl (C=O) groups excluding carboxylic acids is 3. The summed E-state index contributed by atoms with van der Waals surface area (Å²) >= 11 is 0. The maximum Gasteiger partial charge on any atom is 0.261 e. The van der Waals surface area contributed by atoms with Gasteiger partial charge < -0.3 is 15.1 Å². The Kier molecular flexibility index (Phi) is 6.25. The summed E-state index contributed by atoms with van der Waals surface area (Å²) in [4.78, 5) is 42.9. The second-order valence-corrected chi connectivity index (χ2v) is 8.63. The molecule has 9 nitrogen and oxygen atoms in total. The fourth-order valence-electron chi connectivity index (χ4n) is 4.57. The minimum Gasteiger partial charge on any atom is -0.334 e. The van der Waals surface area contributed by atoms with Gasteiger partial charge in [0.05, 0.1) is 28.7 Å². The number of anilines is 1. The zero-order chi connectivity index (χ0) is 26.1. The lowest BCUT2D eigenvalue weighted by Gasteiger charge is -2.39. The number of halogens is 1. The molecule has 1 unspecified atom stereocenters. The summed E-state index contributed by atoms with van der Waals surface area (Å²) in [6.07, 6.45) is 3.30. The molecule has 0 radical (unpaired) electrons. The molecule has 3 aromatic rings. The summed E-state index contributed by atoms with van der Waals surface area (Å²) in [6.45, 7) is 5.78. The first-order valence-corrected chi connectivity index (χ1v) is 11.7. The van der Waals surface area contributed by atoms with E-state index in [1.165, 1.54) is 15.9 Å². The number of H-pyrrole nitrogens is 1. The van der Waals surface area contributed by atoms with Gasteiger partial charge in [-0.15, -0.1) is 10.8 Å². The van der Waals surface area contributed by atoms with E-state index in [0.717, 1.165) is 0 Å². The Morgan fingerprint density at radius 2 is 2.00 bits per heavy atom. The van der Waals surface area contributed by atoms with Crippen LogP contribution in [0, 0.1) is 5.82 Å². The topological polar surface area (TPSA) is 111 Å². The van der Waals surface area contributed by atoms with Gasteiger partial charge in [0, 0.05) is 18.7 Å². The molecule has 186 valence electrons. The molecule has 10 heteroatoms. The molecule has 0 bridgehead atoms. The number of benzene rings is 2. The van der Waals surface area contributed by atoms with Gasteiger partial charge in [-0.3, -0.25) is 19.5 Å². The molecular weight excluding hydrogens is 475 g/mol. The molecule has 2 aliphatic rings. The van der Waals surface area contributed by atoms with Crippen LogP contribution in [0.15, 0.2) is 60.3 Å². The van der Waals surface area contributed by atoms with E-state index in [9.17, 15) is 18.8 Å². The van der Waals surface area contributed by atoms with Gasteiger partial charge in [0.1, 0.15) is 17.2 Å². The molecule has 0 saturated carbocycles. The summed E-state index contributed by atoms with van der Waals surface area (Å²) in [7, 11) is 0. The monoisotopic (exact) mass is 498 g/mol. The number of hydrogen-bond donors (Lipinski definition) is 2. The Balaban J connectivity index is 1.42. The van der Waals surface area contributed by atoms with E-state index in [0.29, 0.717) is 27.5 Å². The van der Waals surface area contributed by atoms with Crippen LogP contribution in [-0.2, 0) is 9.59 Å². The first-order chi connectivity index (χ1) is 17.9. The highest BCUT2D eigenvalue weighted by Gasteiger charge is 2.40. The van der Waals surface area contributed by atoms with Crippen LogP contribution in [0.1, 0.15) is 17.3 Å². The summed E-state index contributed by atoms with van der Waals surface area (Å²) in [5.41, 5.74) is 4.33. The molecule has 1 saturated heterocycles. The van der Waals surface area contributed by atoms with E-state index in [1.54, 1.807) is 55.5 Å². The summed E-state index contributed by atoms with van der Waals surface area (Å²) < 4.78 is 14.4. The quantitative estimate of drug-likeness (QED) is 0.417. The first kappa shape index (κ1) is 23.9. The number of carbonyl (C=O) groups is 3. The summed E-state index contributed by atoms with van der Waals surface area (Å²) in [5.74, 6) is -1.55. The molecule has 2 N–H and O–H groups in total. The SMILES string of the molecule is C=C=C(/C=c1/[nH]nn/c1=C\C)C(=O)N1CCN2C(=O)c3cc(-c4ccccc4F)ccc3NC(=O)C2C1. The molecule has 2 aliphatic heterocycles. The summed E-state index contributed by atoms with van der Waals surface area (Å²) in [6, 6.07) is 10.2. The average molecular weight is 499 g/mol. The molecular formula is C27H23FN6O3. The standard InChI is InChI=1S/C27H23FN6O3/c1-3-16(14-23-21(4-2)30-32-31-23)26(36)33-11-12-34-24(15-33)25(35)29-22-10-9-17(13-19(22)27(34)37)18-7-5-6-8-20(18)28/h4-10,13-14,24H,1,11-12,15H2,2H3,(H,29,35)(H,30,31)/b21-4-,23-14+. The van der Waals surface area contributed by atoms with Crippen molar-refractivity contribution in [2.24, 2.45) is 0 Å². The number of piperazine rings is 1. The van der Waals surface area contributed by atoms with Crippen LogP contribution < -0.4 is 16.0 Å². The Bertz CT molecular complexity index is 1600. The lowest BCUT2D eigenvalue weighted by Crippen LogP contribution is -2.59. The number of amides is 3. The fraction of sp³-hybridized carbons (Fsp3) is 0.185.